The number of aryl methyl sites for hydroxylation is 1. The second-order valence-electron chi connectivity index (χ2n) is 6.74. The first-order chi connectivity index (χ1) is 12.7. The third-order valence-electron chi connectivity index (χ3n) is 4.70. The minimum atomic E-state index is -0.574. The summed E-state index contributed by atoms with van der Waals surface area (Å²) in [4.78, 5) is 7.18. The molecule has 1 aromatic carbocycles. The van der Waals surface area contributed by atoms with Crippen LogP contribution in [-0.2, 0) is 16.0 Å². The number of hydrogen-bond donors (Lipinski definition) is 1. The van der Waals surface area contributed by atoms with Crippen LogP contribution in [0.1, 0.15) is 17.7 Å². The molecule has 4 rings (SSSR count). The van der Waals surface area contributed by atoms with Gasteiger partial charge in [-0.1, -0.05) is 12.1 Å². The lowest BCUT2D eigenvalue weighted by Crippen LogP contribution is -2.29. The fourth-order valence-electron chi connectivity index (χ4n) is 3.36. The molecular weight excluding hydrogens is 348 g/mol. The zero-order valence-corrected chi connectivity index (χ0v) is 15.7. The number of benzene rings is 1. The number of hydrogen-bond acceptors (Lipinski definition) is 5. The van der Waals surface area contributed by atoms with E-state index in [2.05, 4.69) is 29.7 Å². The maximum atomic E-state index is 10.6. The Hall–Kier alpha value is -1.73. The van der Waals surface area contributed by atoms with Gasteiger partial charge in [0.2, 0.25) is 0 Å². The van der Waals surface area contributed by atoms with Gasteiger partial charge in [-0.25, -0.2) is 4.98 Å². The molecular formula is C20H24N2O3S. The molecule has 1 unspecified atom stereocenters. The molecule has 1 fully saturated rings. The Bertz CT molecular complexity index is 867. The number of aromatic nitrogens is 2. The van der Waals surface area contributed by atoms with E-state index in [1.54, 1.807) is 11.3 Å². The highest BCUT2D eigenvalue weighted by atomic mass is 32.1. The van der Waals surface area contributed by atoms with E-state index < -0.39 is 6.10 Å². The molecule has 1 aliphatic heterocycles. The van der Waals surface area contributed by atoms with Gasteiger partial charge in [-0.3, -0.25) is 0 Å². The Balaban J connectivity index is 1.54. The van der Waals surface area contributed by atoms with Gasteiger partial charge < -0.3 is 19.1 Å². The molecule has 3 aromatic rings. The van der Waals surface area contributed by atoms with Crippen LogP contribution in [0.4, 0.5) is 0 Å². The van der Waals surface area contributed by atoms with E-state index in [0.717, 1.165) is 47.8 Å². The highest BCUT2D eigenvalue weighted by Gasteiger charge is 2.19. The molecule has 2 aromatic heterocycles. The summed E-state index contributed by atoms with van der Waals surface area (Å²) in [6, 6.07) is 12.3. The zero-order chi connectivity index (χ0) is 17.9. The zero-order valence-electron chi connectivity index (χ0n) is 14.9. The number of fused-ring (bicyclic) bond motifs is 1. The van der Waals surface area contributed by atoms with Crippen molar-refractivity contribution in [3.8, 4) is 10.7 Å². The first-order valence-electron chi connectivity index (χ1n) is 9.10. The van der Waals surface area contributed by atoms with E-state index in [4.69, 9.17) is 14.5 Å². The van der Waals surface area contributed by atoms with Crippen molar-refractivity contribution in [2.75, 3.05) is 19.8 Å². The molecule has 1 aliphatic rings. The molecule has 0 spiro atoms. The van der Waals surface area contributed by atoms with Gasteiger partial charge in [0.25, 0.3) is 0 Å². The Labute approximate surface area is 157 Å². The van der Waals surface area contributed by atoms with E-state index in [-0.39, 0.29) is 6.10 Å². The Morgan fingerprint density at radius 2 is 2.08 bits per heavy atom. The van der Waals surface area contributed by atoms with Crippen LogP contribution in [0.2, 0.25) is 0 Å². The molecule has 138 valence electrons. The summed E-state index contributed by atoms with van der Waals surface area (Å²) < 4.78 is 13.4. The maximum absolute atomic E-state index is 10.6. The van der Waals surface area contributed by atoms with Crippen LogP contribution in [0.15, 0.2) is 36.4 Å². The molecule has 0 amide bonds. The first kappa shape index (κ1) is 17.7. The number of aliphatic hydroxyl groups excluding tert-OH is 1. The molecule has 1 N–H and O–H groups in total. The summed E-state index contributed by atoms with van der Waals surface area (Å²) in [7, 11) is 0. The van der Waals surface area contributed by atoms with Crippen molar-refractivity contribution in [2.24, 2.45) is 0 Å². The number of imidazole rings is 1. The second-order valence-corrected chi connectivity index (χ2v) is 8.03. The average Bonchev–Trinajstić information content (AvgIpc) is 3.25. The van der Waals surface area contributed by atoms with Gasteiger partial charge in [0.15, 0.2) is 5.82 Å². The van der Waals surface area contributed by atoms with E-state index >= 15 is 0 Å². The van der Waals surface area contributed by atoms with Crippen LogP contribution < -0.4 is 0 Å². The summed E-state index contributed by atoms with van der Waals surface area (Å²) in [6.07, 6.45) is 1.42. The normalized spacial score (nSPS) is 17.0. The summed E-state index contributed by atoms with van der Waals surface area (Å²) in [5.41, 5.74) is 1.99. The van der Waals surface area contributed by atoms with Crippen molar-refractivity contribution in [1.82, 2.24) is 9.55 Å². The number of rotatable bonds is 6. The van der Waals surface area contributed by atoms with Gasteiger partial charge in [0, 0.05) is 18.1 Å². The third-order valence-corrected chi connectivity index (χ3v) is 5.70. The highest BCUT2D eigenvalue weighted by molar-refractivity contribution is 7.15. The van der Waals surface area contributed by atoms with E-state index in [9.17, 15) is 5.11 Å². The van der Waals surface area contributed by atoms with Gasteiger partial charge in [-0.2, -0.15) is 0 Å². The topological polar surface area (TPSA) is 56.5 Å². The fraction of sp³-hybridized carbons (Fsp3) is 0.450. The quantitative estimate of drug-likeness (QED) is 0.718. The van der Waals surface area contributed by atoms with Gasteiger partial charge in [-0.15, -0.1) is 11.3 Å². The van der Waals surface area contributed by atoms with E-state index in [0.29, 0.717) is 13.2 Å². The van der Waals surface area contributed by atoms with Crippen LogP contribution in [0.5, 0.6) is 0 Å². The predicted octanol–water partition coefficient (Wildman–Crippen LogP) is 3.63. The maximum Gasteiger partial charge on any atom is 0.151 e. The molecule has 0 saturated carbocycles. The molecule has 0 bridgehead atoms. The van der Waals surface area contributed by atoms with Gasteiger partial charge >= 0.3 is 0 Å². The van der Waals surface area contributed by atoms with Crippen molar-refractivity contribution < 1.29 is 14.6 Å². The number of nitrogens with zero attached hydrogens (tertiary/aromatic N) is 2. The molecule has 26 heavy (non-hydrogen) atoms. The fourth-order valence-corrected chi connectivity index (χ4v) is 4.22. The van der Waals surface area contributed by atoms with E-state index in [1.807, 2.05) is 18.2 Å². The average molecular weight is 372 g/mol. The van der Waals surface area contributed by atoms with Crippen LogP contribution in [0, 0.1) is 6.92 Å². The van der Waals surface area contributed by atoms with Gasteiger partial charge in [0.1, 0.15) is 0 Å². The number of aliphatic hydroxyl groups is 1. The highest BCUT2D eigenvalue weighted by Crippen LogP contribution is 2.30. The molecule has 0 aliphatic carbocycles. The summed E-state index contributed by atoms with van der Waals surface area (Å²) in [5.74, 6) is 0.911. The SMILES string of the molecule is Cc1ccc(-c2nc3ccccc3n2CC(O)COC2CCOCC2)s1. The van der Waals surface area contributed by atoms with Crippen molar-refractivity contribution in [3.05, 3.63) is 41.3 Å². The minimum Gasteiger partial charge on any atom is -0.389 e. The molecule has 3 heterocycles. The molecule has 6 heteroatoms. The van der Waals surface area contributed by atoms with Crippen LogP contribution >= 0.6 is 11.3 Å². The van der Waals surface area contributed by atoms with Crippen molar-refractivity contribution in [2.45, 2.75) is 38.5 Å². The van der Waals surface area contributed by atoms with Crippen molar-refractivity contribution in [1.29, 1.82) is 0 Å². The van der Waals surface area contributed by atoms with Crippen LogP contribution in [0.3, 0.4) is 0 Å². The predicted molar refractivity (Wildman–Crippen MR) is 104 cm³/mol. The molecule has 0 radical (unpaired) electrons. The van der Waals surface area contributed by atoms with E-state index in [1.165, 1.54) is 4.88 Å². The lowest BCUT2D eigenvalue weighted by Gasteiger charge is -2.24. The molecule has 5 nitrogen and oxygen atoms in total. The standard InChI is InChI=1S/C20H24N2O3S/c1-14-6-7-19(26-14)20-21-17-4-2-3-5-18(17)22(20)12-15(23)13-25-16-8-10-24-11-9-16/h2-7,15-16,23H,8-13H2,1H3. The number of thiophene rings is 1. The lowest BCUT2D eigenvalue weighted by molar-refractivity contribution is -0.0614. The van der Waals surface area contributed by atoms with Gasteiger partial charge in [-0.05, 0) is 44.0 Å². The van der Waals surface area contributed by atoms with Crippen LogP contribution in [-0.4, -0.2) is 46.7 Å². The van der Waals surface area contributed by atoms with Crippen molar-refractivity contribution in [3.63, 3.8) is 0 Å². The van der Waals surface area contributed by atoms with Crippen LogP contribution in [0.25, 0.3) is 21.7 Å². The lowest BCUT2D eigenvalue weighted by atomic mass is 10.1. The smallest absolute Gasteiger partial charge is 0.151 e. The monoisotopic (exact) mass is 372 g/mol. The summed E-state index contributed by atoms with van der Waals surface area (Å²) in [6.45, 7) is 4.39. The number of ether oxygens (including phenoxy) is 2. The summed E-state index contributed by atoms with van der Waals surface area (Å²) in [5, 5.41) is 10.6. The Kier molecular flexibility index (Phi) is 5.36. The molecule has 1 saturated heterocycles. The van der Waals surface area contributed by atoms with Gasteiger partial charge in [0.05, 0.1) is 41.3 Å². The minimum absolute atomic E-state index is 0.192. The largest absolute Gasteiger partial charge is 0.389 e. The molecule has 1 atom stereocenters. The number of para-hydroxylation sites is 2. The first-order valence-corrected chi connectivity index (χ1v) is 9.92. The summed E-state index contributed by atoms with van der Waals surface area (Å²) >= 11 is 1.72. The van der Waals surface area contributed by atoms with Crippen molar-refractivity contribution >= 4 is 22.4 Å². The third kappa shape index (κ3) is 3.83. The Morgan fingerprint density at radius 1 is 1.27 bits per heavy atom. The Morgan fingerprint density at radius 3 is 2.85 bits per heavy atom. The second kappa shape index (κ2) is 7.88.